The SMILES string of the molecule is CC(C)(C(=O)C1=CCCCCC1)N1CCCCC1. The van der Waals surface area contributed by atoms with Crippen LogP contribution in [0, 0.1) is 0 Å². The molecule has 2 aliphatic rings. The standard InChI is InChI=1S/C16H27NO/c1-16(2,17-12-8-5-9-13-17)15(18)14-10-6-3-4-7-11-14/h10H,3-9,11-13H2,1-2H3. The summed E-state index contributed by atoms with van der Waals surface area (Å²) in [4.78, 5) is 15.2. The lowest BCUT2D eigenvalue weighted by atomic mass is 9.87. The first-order chi connectivity index (χ1) is 8.62. The lowest BCUT2D eigenvalue weighted by Crippen LogP contribution is -2.52. The Morgan fingerprint density at radius 1 is 1.06 bits per heavy atom. The maximum absolute atomic E-state index is 12.8. The summed E-state index contributed by atoms with van der Waals surface area (Å²) in [5.74, 6) is 0.381. The van der Waals surface area contributed by atoms with Crippen molar-refractivity contribution in [3.05, 3.63) is 11.6 Å². The molecule has 0 aromatic heterocycles. The quantitative estimate of drug-likeness (QED) is 0.760. The van der Waals surface area contributed by atoms with Gasteiger partial charge in [0, 0.05) is 0 Å². The summed E-state index contributed by atoms with van der Waals surface area (Å²) >= 11 is 0. The number of hydrogen-bond acceptors (Lipinski definition) is 2. The number of carbonyl (C=O) groups is 1. The molecule has 1 saturated heterocycles. The van der Waals surface area contributed by atoms with Crippen molar-refractivity contribution in [2.75, 3.05) is 13.1 Å². The Bertz CT molecular complexity index is 324. The van der Waals surface area contributed by atoms with Gasteiger partial charge in [-0.05, 0) is 71.0 Å². The Morgan fingerprint density at radius 3 is 2.44 bits per heavy atom. The second kappa shape index (κ2) is 6.01. The molecule has 0 radical (unpaired) electrons. The van der Waals surface area contributed by atoms with Crippen molar-refractivity contribution < 1.29 is 4.79 Å². The molecule has 2 rings (SSSR count). The van der Waals surface area contributed by atoms with Gasteiger partial charge in [-0.1, -0.05) is 18.9 Å². The van der Waals surface area contributed by atoms with Crippen LogP contribution in [-0.4, -0.2) is 29.3 Å². The van der Waals surface area contributed by atoms with Crippen LogP contribution in [0.4, 0.5) is 0 Å². The smallest absolute Gasteiger partial charge is 0.178 e. The fourth-order valence-corrected chi connectivity index (χ4v) is 3.21. The van der Waals surface area contributed by atoms with Crippen molar-refractivity contribution >= 4 is 5.78 Å². The summed E-state index contributed by atoms with van der Waals surface area (Å²) < 4.78 is 0. The van der Waals surface area contributed by atoms with Crippen LogP contribution in [0.5, 0.6) is 0 Å². The van der Waals surface area contributed by atoms with Crippen molar-refractivity contribution in [2.24, 2.45) is 0 Å². The largest absolute Gasteiger partial charge is 0.292 e. The topological polar surface area (TPSA) is 20.3 Å². The van der Waals surface area contributed by atoms with E-state index in [4.69, 9.17) is 0 Å². The van der Waals surface area contributed by atoms with Gasteiger partial charge in [-0.2, -0.15) is 0 Å². The summed E-state index contributed by atoms with van der Waals surface area (Å²) in [6.45, 7) is 6.41. The molecule has 1 fully saturated rings. The number of allylic oxidation sites excluding steroid dienone is 1. The Balaban J connectivity index is 2.07. The average molecular weight is 249 g/mol. The van der Waals surface area contributed by atoms with Gasteiger partial charge < -0.3 is 0 Å². The van der Waals surface area contributed by atoms with Gasteiger partial charge in [0.1, 0.15) is 0 Å². The molecule has 0 N–H and O–H groups in total. The average Bonchev–Trinajstić information content (AvgIpc) is 2.67. The van der Waals surface area contributed by atoms with Crippen molar-refractivity contribution in [1.29, 1.82) is 0 Å². The van der Waals surface area contributed by atoms with Crippen LogP contribution in [0.3, 0.4) is 0 Å². The van der Waals surface area contributed by atoms with Crippen LogP contribution >= 0.6 is 0 Å². The Kier molecular flexibility index (Phi) is 4.60. The molecular weight excluding hydrogens is 222 g/mol. The van der Waals surface area contributed by atoms with Crippen molar-refractivity contribution in [3.63, 3.8) is 0 Å². The van der Waals surface area contributed by atoms with E-state index in [-0.39, 0.29) is 5.54 Å². The summed E-state index contributed by atoms with van der Waals surface area (Å²) in [7, 11) is 0. The van der Waals surface area contributed by atoms with E-state index in [1.54, 1.807) is 0 Å². The predicted octanol–water partition coefficient (Wildman–Crippen LogP) is 3.71. The van der Waals surface area contributed by atoms with E-state index in [0.717, 1.165) is 31.5 Å². The maximum Gasteiger partial charge on any atom is 0.178 e. The van der Waals surface area contributed by atoms with Crippen LogP contribution in [0.2, 0.25) is 0 Å². The van der Waals surface area contributed by atoms with E-state index < -0.39 is 0 Å². The van der Waals surface area contributed by atoms with Gasteiger partial charge in [0.05, 0.1) is 5.54 Å². The van der Waals surface area contributed by atoms with Crippen LogP contribution < -0.4 is 0 Å². The van der Waals surface area contributed by atoms with Gasteiger partial charge in [0.2, 0.25) is 0 Å². The third kappa shape index (κ3) is 3.03. The molecule has 1 heterocycles. The highest BCUT2D eigenvalue weighted by Gasteiger charge is 2.36. The van der Waals surface area contributed by atoms with E-state index in [9.17, 15) is 4.79 Å². The highest BCUT2D eigenvalue weighted by Crippen LogP contribution is 2.27. The number of hydrogen-bond donors (Lipinski definition) is 0. The van der Waals surface area contributed by atoms with E-state index in [0.29, 0.717) is 5.78 Å². The fraction of sp³-hybridized carbons (Fsp3) is 0.812. The van der Waals surface area contributed by atoms with Crippen LogP contribution in [0.25, 0.3) is 0 Å². The van der Waals surface area contributed by atoms with Gasteiger partial charge in [-0.25, -0.2) is 0 Å². The molecule has 2 nitrogen and oxygen atoms in total. The highest BCUT2D eigenvalue weighted by molar-refractivity contribution is 6.02. The molecule has 0 atom stereocenters. The zero-order valence-electron chi connectivity index (χ0n) is 12.0. The Labute approximate surface area is 111 Å². The molecule has 102 valence electrons. The highest BCUT2D eigenvalue weighted by atomic mass is 16.1. The first kappa shape index (κ1) is 13.8. The lowest BCUT2D eigenvalue weighted by Gasteiger charge is -2.40. The number of ketones is 1. The lowest BCUT2D eigenvalue weighted by molar-refractivity contribution is -0.126. The first-order valence-corrected chi connectivity index (χ1v) is 7.61. The Morgan fingerprint density at radius 2 is 1.72 bits per heavy atom. The minimum atomic E-state index is -0.295. The molecular formula is C16H27NO. The van der Waals surface area contributed by atoms with E-state index in [1.165, 1.54) is 38.5 Å². The van der Waals surface area contributed by atoms with Crippen LogP contribution in [0.1, 0.15) is 65.2 Å². The van der Waals surface area contributed by atoms with Crippen molar-refractivity contribution in [3.8, 4) is 0 Å². The third-order valence-electron chi connectivity index (χ3n) is 4.53. The molecule has 0 saturated carbocycles. The van der Waals surface area contributed by atoms with E-state index >= 15 is 0 Å². The summed E-state index contributed by atoms with van der Waals surface area (Å²) in [6.07, 6.45) is 11.8. The van der Waals surface area contributed by atoms with Gasteiger partial charge in [0.15, 0.2) is 5.78 Å². The monoisotopic (exact) mass is 249 g/mol. The molecule has 0 spiro atoms. The first-order valence-electron chi connectivity index (χ1n) is 7.61. The maximum atomic E-state index is 12.8. The third-order valence-corrected chi connectivity index (χ3v) is 4.53. The minimum Gasteiger partial charge on any atom is -0.292 e. The van der Waals surface area contributed by atoms with Gasteiger partial charge >= 0.3 is 0 Å². The molecule has 0 bridgehead atoms. The number of Topliss-reactive ketones (excluding diaryl/α,β-unsaturated/α-hetero) is 1. The molecule has 0 aromatic rings. The van der Waals surface area contributed by atoms with E-state index in [1.807, 2.05) is 0 Å². The molecule has 0 amide bonds. The molecule has 0 aromatic carbocycles. The van der Waals surface area contributed by atoms with Crippen molar-refractivity contribution in [1.82, 2.24) is 4.90 Å². The fourth-order valence-electron chi connectivity index (χ4n) is 3.21. The molecule has 1 aliphatic heterocycles. The second-order valence-corrected chi connectivity index (χ2v) is 6.26. The molecule has 1 aliphatic carbocycles. The second-order valence-electron chi connectivity index (χ2n) is 6.26. The number of piperidine rings is 1. The minimum absolute atomic E-state index is 0.295. The number of carbonyl (C=O) groups excluding carboxylic acids is 1. The summed E-state index contributed by atoms with van der Waals surface area (Å²) in [5, 5.41) is 0. The zero-order chi connectivity index (χ0) is 13.0. The molecule has 18 heavy (non-hydrogen) atoms. The predicted molar refractivity (Wildman–Crippen MR) is 75.7 cm³/mol. The Hall–Kier alpha value is -0.630. The van der Waals surface area contributed by atoms with Gasteiger partial charge in [-0.3, -0.25) is 9.69 Å². The zero-order valence-corrected chi connectivity index (χ0v) is 12.0. The summed E-state index contributed by atoms with van der Waals surface area (Å²) in [6, 6.07) is 0. The summed E-state index contributed by atoms with van der Waals surface area (Å²) in [5.41, 5.74) is 0.805. The normalized spacial score (nSPS) is 23.3. The van der Waals surface area contributed by atoms with Crippen LogP contribution in [0.15, 0.2) is 11.6 Å². The van der Waals surface area contributed by atoms with Crippen LogP contribution in [-0.2, 0) is 4.79 Å². The number of likely N-dealkylation sites (tertiary alicyclic amines) is 1. The van der Waals surface area contributed by atoms with E-state index in [2.05, 4.69) is 24.8 Å². The van der Waals surface area contributed by atoms with Gasteiger partial charge in [0.25, 0.3) is 0 Å². The molecule has 2 heteroatoms. The number of rotatable bonds is 3. The van der Waals surface area contributed by atoms with Crippen molar-refractivity contribution in [2.45, 2.75) is 70.8 Å². The molecule has 0 unspecified atom stereocenters. The van der Waals surface area contributed by atoms with Gasteiger partial charge in [-0.15, -0.1) is 0 Å². The number of nitrogens with zero attached hydrogens (tertiary/aromatic N) is 1.